The molecule has 0 aromatic carbocycles. The summed E-state index contributed by atoms with van der Waals surface area (Å²) in [5.41, 5.74) is 0. The predicted molar refractivity (Wildman–Crippen MR) is 110 cm³/mol. The van der Waals surface area contributed by atoms with Crippen LogP contribution in [0.2, 0.25) is 0 Å². The van der Waals surface area contributed by atoms with Crippen LogP contribution in [0.25, 0.3) is 0 Å². The van der Waals surface area contributed by atoms with E-state index in [0.717, 1.165) is 19.0 Å². The molecule has 1 saturated heterocycles. The lowest BCUT2D eigenvalue weighted by Gasteiger charge is -2.26. The Kier molecular flexibility index (Phi) is 10.5. The van der Waals surface area contributed by atoms with Gasteiger partial charge in [-0.05, 0) is 45.7 Å². The van der Waals surface area contributed by atoms with Gasteiger partial charge in [0, 0.05) is 25.7 Å². The molecule has 0 atom stereocenters. The summed E-state index contributed by atoms with van der Waals surface area (Å²) in [6.45, 7) is 6.73. The van der Waals surface area contributed by atoms with Crippen molar-refractivity contribution in [1.82, 2.24) is 20.3 Å². The first-order chi connectivity index (χ1) is 11.1. The van der Waals surface area contributed by atoms with E-state index in [2.05, 4.69) is 25.2 Å². The summed E-state index contributed by atoms with van der Waals surface area (Å²) in [6, 6.07) is 0.531. The number of nitrogens with zero attached hydrogens (tertiary/aromatic N) is 2. The number of nitrogens with one attached hydrogen (secondary N) is 3. The van der Waals surface area contributed by atoms with Crippen molar-refractivity contribution in [3.8, 4) is 0 Å². The van der Waals surface area contributed by atoms with E-state index in [4.69, 9.17) is 0 Å². The van der Waals surface area contributed by atoms with Crippen molar-refractivity contribution in [2.45, 2.75) is 45.1 Å². The van der Waals surface area contributed by atoms with Crippen LogP contribution in [0.4, 0.5) is 0 Å². The van der Waals surface area contributed by atoms with Gasteiger partial charge in [0.15, 0.2) is 5.96 Å². The van der Waals surface area contributed by atoms with Gasteiger partial charge in [0.2, 0.25) is 10.0 Å². The lowest BCUT2D eigenvalue weighted by Crippen LogP contribution is -2.43. The number of guanidine groups is 1. The Bertz CT molecular complexity index is 476. The van der Waals surface area contributed by atoms with E-state index in [0.29, 0.717) is 19.1 Å². The first-order valence-corrected chi connectivity index (χ1v) is 10.5. The van der Waals surface area contributed by atoms with Crippen molar-refractivity contribution >= 4 is 40.0 Å². The standard InChI is InChI=1S/C15H31N5O2S.HI/c1-2-23(21,22)18-9-8-16-15(19-14-6-7-14)17-10-13-20-11-4-3-5-12-20;/h14,18H,2-13H2,1H3,(H2,16,17,19);1H. The topological polar surface area (TPSA) is 85.8 Å². The highest BCUT2D eigenvalue weighted by Crippen LogP contribution is 2.18. The van der Waals surface area contributed by atoms with Crippen LogP contribution in [0.1, 0.15) is 39.0 Å². The van der Waals surface area contributed by atoms with Gasteiger partial charge in [-0.25, -0.2) is 13.1 Å². The molecule has 142 valence electrons. The summed E-state index contributed by atoms with van der Waals surface area (Å²) in [4.78, 5) is 6.96. The van der Waals surface area contributed by atoms with Gasteiger partial charge in [0.25, 0.3) is 0 Å². The molecule has 2 aliphatic rings. The van der Waals surface area contributed by atoms with E-state index in [1.165, 1.54) is 45.2 Å². The van der Waals surface area contributed by atoms with Gasteiger partial charge < -0.3 is 15.5 Å². The van der Waals surface area contributed by atoms with Crippen LogP contribution in [0.5, 0.6) is 0 Å². The summed E-state index contributed by atoms with van der Waals surface area (Å²) < 4.78 is 25.3. The number of piperidine rings is 1. The third-order valence-corrected chi connectivity index (χ3v) is 5.58. The van der Waals surface area contributed by atoms with Gasteiger partial charge in [-0.1, -0.05) is 6.42 Å². The largest absolute Gasteiger partial charge is 0.355 e. The third-order valence-electron chi connectivity index (χ3n) is 4.17. The lowest BCUT2D eigenvalue weighted by molar-refractivity contribution is 0.232. The fourth-order valence-electron chi connectivity index (χ4n) is 2.56. The van der Waals surface area contributed by atoms with Crippen molar-refractivity contribution in [1.29, 1.82) is 0 Å². The van der Waals surface area contributed by atoms with Crippen molar-refractivity contribution in [3.05, 3.63) is 0 Å². The second kappa shape index (κ2) is 11.5. The molecule has 2 rings (SSSR count). The summed E-state index contributed by atoms with van der Waals surface area (Å²) in [7, 11) is -3.13. The maximum atomic E-state index is 11.4. The molecule has 0 unspecified atom stereocenters. The Morgan fingerprint density at radius 1 is 1.17 bits per heavy atom. The first kappa shape index (κ1) is 21.9. The molecule has 0 bridgehead atoms. The number of rotatable bonds is 9. The zero-order chi connectivity index (χ0) is 16.5. The van der Waals surface area contributed by atoms with E-state index in [1.807, 2.05) is 0 Å². The smallest absolute Gasteiger partial charge is 0.211 e. The van der Waals surface area contributed by atoms with Crippen LogP contribution >= 0.6 is 24.0 Å². The quantitative estimate of drug-likeness (QED) is 0.199. The number of likely N-dealkylation sites (tertiary alicyclic amines) is 1. The maximum absolute atomic E-state index is 11.4. The molecule has 1 aliphatic carbocycles. The highest BCUT2D eigenvalue weighted by Gasteiger charge is 2.22. The molecule has 1 aliphatic heterocycles. The Morgan fingerprint density at radius 2 is 1.88 bits per heavy atom. The van der Waals surface area contributed by atoms with E-state index < -0.39 is 10.0 Å². The van der Waals surface area contributed by atoms with Crippen molar-refractivity contribution in [3.63, 3.8) is 0 Å². The van der Waals surface area contributed by atoms with Crippen LogP contribution in [0.3, 0.4) is 0 Å². The average molecular weight is 473 g/mol. The molecule has 0 spiro atoms. The first-order valence-electron chi connectivity index (χ1n) is 8.83. The van der Waals surface area contributed by atoms with Crippen molar-refractivity contribution < 1.29 is 8.42 Å². The maximum Gasteiger partial charge on any atom is 0.211 e. The van der Waals surface area contributed by atoms with E-state index >= 15 is 0 Å². The normalized spacial score (nSPS) is 19.6. The summed E-state index contributed by atoms with van der Waals surface area (Å²) in [6.07, 6.45) is 6.34. The highest BCUT2D eigenvalue weighted by molar-refractivity contribution is 14.0. The zero-order valence-corrected chi connectivity index (χ0v) is 17.7. The third kappa shape index (κ3) is 9.38. The molecule has 0 amide bonds. The molecule has 9 heteroatoms. The Balaban J connectivity index is 0.00000288. The molecule has 0 radical (unpaired) electrons. The number of hydrogen-bond donors (Lipinski definition) is 3. The molecule has 1 heterocycles. The van der Waals surface area contributed by atoms with Crippen LogP contribution < -0.4 is 15.4 Å². The van der Waals surface area contributed by atoms with E-state index in [1.54, 1.807) is 6.92 Å². The minimum atomic E-state index is -3.13. The van der Waals surface area contributed by atoms with Crippen LogP contribution in [0.15, 0.2) is 4.99 Å². The molecule has 1 saturated carbocycles. The van der Waals surface area contributed by atoms with Gasteiger partial charge in [-0.15, -0.1) is 24.0 Å². The number of sulfonamides is 1. The van der Waals surface area contributed by atoms with Gasteiger partial charge in [-0.2, -0.15) is 0 Å². The summed E-state index contributed by atoms with van der Waals surface area (Å²) >= 11 is 0. The Morgan fingerprint density at radius 3 is 2.50 bits per heavy atom. The number of hydrogen-bond acceptors (Lipinski definition) is 4. The molecular formula is C15H32IN5O2S. The fraction of sp³-hybridized carbons (Fsp3) is 0.933. The Labute approximate surface area is 163 Å². The zero-order valence-electron chi connectivity index (χ0n) is 14.6. The molecule has 3 N–H and O–H groups in total. The molecule has 2 fully saturated rings. The van der Waals surface area contributed by atoms with Gasteiger partial charge in [0.05, 0.1) is 12.3 Å². The van der Waals surface area contributed by atoms with Gasteiger partial charge in [0.1, 0.15) is 0 Å². The van der Waals surface area contributed by atoms with Crippen LogP contribution in [0, 0.1) is 0 Å². The second-order valence-corrected chi connectivity index (χ2v) is 8.37. The van der Waals surface area contributed by atoms with Gasteiger partial charge in [-0.3, -0.25) is 4.99 Å². The van der Waals surface area contributed by atoms with Crippen molar-refractivity contribution in [2.24, 2.45) is 4.99 Å². The SMILES string of the molecule is CCS(=O)(=O)NCCN=C(NCCN1CCCCC1)NC1CC1.I. The van der Waals surface area contributed by atoms with Crippen LogP contribution in [-0.2, 0) is 10.0 Å². The predicted octanol–water partition coefficient (Wildman–Crippen LogP) is 0.727. The number of aliphatic imine (C=N–C) groups is 1. The molecule has 0 aromatic rings. The monoisotopic (exact) mass is 473 g/mol. The summed E-state index contributed by atoms with van der Waals surface area (Å²) in [5, 5.41) is 6.75. The lowest BCUT2D eigenvalue weighted by atomic mass is 10.1. The summed E-state index contributed by atoms with van der Waals surface area (Å²) in [5.74, 6) is 0.915. The van der Waals surface area contributed by atoms with Gasteiger partial charge >= 0.3 is 0 Å². The molecule has 0 aromatic heterocycles. The Hall–Kier alpha value is -0.130. The minimum Gasteiger partial charge on any atom is -0.355 e. The van der Waals surface area contributed by atoms with Crippen molar-refractivity contribution in [2.75, 3.05) is 45.0 Å². The van der Waals surface area contributed by atoms with E-state index in [9.17, 15) is 8.42 Å². The van der Waals surface area contributed by atoms with E-state index in [-0.39, 0.29) is 29.7 Å². The minimum absolute atomic E-state index is 0. The molecular weight excluding hydrogens is 441 g/mol. The highest BCUT2D eigenvalue weighted by atomic mass is 127. The fourth-order valence-corrected chi connectivity index (χ4v) is 3.17. The average Bonchev–Trinajstić information content (AvgIpc) is 3.36. The second-order valence-electron chi connectivity index (χ2n) is 6.28. The van der Waals surface area contributed by atoms with Crippen LogP contribution in [-0.4, -0.2) is 70.3 Å². The number of halogens is 1. The molecule has 7 nitrogen and oxygen atoms in total. The molecule has 24 heavy (non-hydrogen) atoms.